The Hall–Kier alpha value is -1.99. The van der Waals surface area contributed by atoms with Gasteiger partial charge in [0.1, 0.15) is 5.82 Å². The molecule has 0 aromatic carbocycles. The molecule has 0 unspecified atom stereocenters. The summed E-state index contributed by atoms with van der Waals surface area (Å²) in [4.78, 5) is 32.9. The normalized spacial score (nSPS) is 14.2. The van der Waals surface area contributed by atoms with Crippen molar-refractivity contribution in [2.45, 2.75) is 19.4 Å². The number of halogens is 1. The van der Waals surface area contributed by atoms with E-state index in [2.05, 4.69) is 15.3 Å². The quantitative estimate of drug-likeness (QED) is 0.874. The number of aromatic nitrogens is 2. The van der Waals surface area contributed by atoms with E-state index in [-0.39, 0.29) is 30.8 Å². The third kappa shape index (κ3) is 3.56. The topological polar surface area (TPSA) is 75.2 Å². The molecular formula is C13H13ClN4O2S. The SMILES string of the molecule is Cl.O=C1CCC(=O)N1Cc1csc(Nc2ccccn2)n1. The van der Waals surface area contributed by atoms with E-state index in [1.807, 2.05) is 23.6 Å². The molecule has 0 saturated carbocycles. The lowest BCUT2D eigenvalue weighted by Crippen LogP contribution is -2.28. The Morgan fingerprint density at radius 3 is 2.67 bits per heavy atom. The minimum atomic E-state index is -0.123. The van der Waals surface area contributed by atoms with Crippen molar-refractivity contribution in [2.75, 3.05) is 5.32 Å². The molecule has 0 atom stereocenters. The van der Waals surface area contributed by atoms with Gasteiger partial charge in [0.15, 0.2) is 5.13 Å². The van der Waals surface area contributed by atoms with E-state index in [1.165, 1.54) is 16.2 Å². The minimum absolute atomic E-state index is 0. The number of pyridine rings is 1. The Morgan fingerprint density at radius 1 is 1.24 bits per heavy atom. The van der Waals surface area contributed by atoms with Gasteiger partial charge >= 0.3 is 0 Å². The molecule has 6 nitrogen and oxygen atoms in total. The molecule has 1 aliphatic rings. The molecule has 1 fully saturated rings. The van der Waals surface area contributed by atoms with Gasteiger partial charge in [-0.3, -0.25) is 14.5 Å². The van der Waals surface area contributed by atoms with Gasteiger partial charge in [0.05, 0.1) is 12.2 Å². The maximum Gasteiger partial charge on any atom is 0.230 e. The highest BCUT2D eigenvalue weighted by atomic mass is 35.5. The molecule has 0 spiro atoms. The fraction of sp³-hybridized carbons (Fsp3) is 0.231. The summed E-state index contributed by atoms with van der Waals surface area (Å²) in [5.74, 6) is 0.464. The highest BCUT2D eigenvalue weighted by Gasteiger charge is 2.29. The van der Waals surface area contributed by atoms with Gasteiger partial charge in [-0.05, 0) is 12.1 Å². The standard InChI is InChI=1S/C13H12N4O2S.ClH/c18-11-4-5-12(19)17(11)7-9-8-20-13(15-9)16-10-3-1-2-6-14-10;/h1-3,6,8H,4-5,7H2,(H,14,15,16);1H. The van der Waals surface area contributed by atoms with Crippen molar-refractivity contribution in [1.29, 1.82) is 0 Å². The summed E-state index contributed by atoms with van der Waals surface area (Å²) in [7, 11) is 0. The van der Waals surface area contributed by atoms with Gasteiger partial charge in [-0.1, -0.05) is 6.07 Å². The Labute approximate surface area is 131 Å². The van der Waals surface area contributed by atoms with Crippen LogP contribution in [0.2, 0.25) is 0 Å². The van der Waals surface area contributed by atoms with Crippen LogP contribution in [0.4, 0.5) is 10.9 Å². The van der Waals surface area contributed by atoms with Crippen LogP contribution in [-0.2, 0) is 16.1 Å². The third-order valence-electron chi connectivity index (χ3n) is 2.93. The molecule has 1 N–H and O–H groups in total. The molecule has 3 rings (SSSR count). The molecule has 0 aliphatic carbocycles. The molecular weight excluding hydrogens is 312 g/mol. The summed E-state index contributed by atoms with van der Waals surface area (Å²) in [6.45, 7) is 0.248. The average molecular weight is 325 g/mol. The van der Waals surface area contributed by atoms with Gasteiger partial charge in [-0.25, -0.2) is 9.97 Å². The lowest BCUT2D eigenvalue weighted by molar-refractivity contribution is -0.139. The van der Waals surface area contributed by atoms with Crippen molar-refractivity contribution >= 4 is 46.5 Å². The van der Waals surface area contributed by atoms with Gasteiger partial charge in [0.25, 0.3) is 0 Å². The smallest absolute Gasteiger partial charge is 0.230 e. The maximum absolute atomic E-state index is 11.5. The van der Waals surface area contributed by atoms with Crippen LogP contribution in [0.15, 0.2) is 29.8 Å². The molecule has 8 heteroatoms. The summed E-state index contributed by atoms with van der Waals surface area (Å²) >= 11 is 1.42. The second-order valence-corrected chi connectivity index (χ2v) is 5.22. The fourth-order valence-electron chi connectivity index (χ4n) is 1.94. The molecule has 0 bridgehead atoms. The molecule has 1 saturated heterocycles. The predicted molar refractivity (Wildman–Crippen MR) is 81.7 cm³/mol. The Bertz CT molecular complexity index is 631. The van der Waals surface area contributed by atoms with Crippen LogP contribution < -0.4 is 5.32 Å². The van der Waals surface area contributed by atoms with Gasteiger partial charge in [-0.15, -0.1) is 23.7 Å². The monoisotopic (exact) mass is 324 g/mol. The molecule has 3 heterocycles. The molecule has 2 amide bonds. The van der Waals surface area contributed by atoms with Crippen LogP contribution in [-0.4, -0.2) is 26.7 Å². The maximum atomic E-state index is 11.5. The van der Waals surface area contributed by atoms with Crippen molar-refractivity contribution in [3.63, 3.8) is 0 Å². The summed E-state index contributed by atoms with van der Waals surface area (Å²) < 4.78 is 0. The van der Waals surface area contributed by atoms with Crippen LogP contribution in [0.1, 0.15) is 18.5 Å². The molecule has 2 aromatic rings. The number of imide groups is 1. The largest absolute Gasteiger partial charge is 0.316 e. The second kappa shape index (κ2) is 6.64. The molecule has 21 heavy (non-hydrogen) atoms. The van der Waals surface area contributed by atoms with E-state index < -0.39 is 0 Å². The second-order valence-electron chi connectivity index (χ2n) is 4.36. The zero-order valence-electron chi connectivity index (χ0n) is 11.0. The van der Waals surface area contributed by atoms with E-state index in [1.54, 1.807) is 6.20 Å². The van der Waals surface area contributed by atoms with Crippen LogP contribution in [0, 0.1) is 0 Å². The number of nitrogens with one attached hydrogen (secondary N) is 1. The summed E-state index contributed by atoms with van der Waals surface area (Å²) in [6.07, 6.45) is 2.31. The number of nitrogens with zero attached hydrogens (tertiary/aromatic N) is 3. The van der Waals surface area contributed by atoms with Crippen LogP contribution in [0.25, 0.3) is 0 Å². The first kappa shape index (κ1) is 15.4. The molecule has 1 aliphatic heterocycles. The van der Waals surface area contributed by atoms with Gasteiger partial charge in [0, 0.05) is 24.4 Å². The predicted octanol–water partition coefficient (Wildman–Crippen LogP) is 2.35. The summed E-state index contributed by atoms with van der Waals surface area (Å²) in [6, 6.07) is 5.56. The van der Waals surface area contributed by atoms with Crippen molar-refractivity contribution in [3.05, 3.63) is 35.5 Å². The molecule has 0 radical (unpaired) electrons. The van der Waals surface area contributed by atoms with E-state index in [9.17, 15) is 9.59 Å². The lowest BCUT2D eigenvalue weighted by atomic mass is 10.4. The number of thiazole rings is 1. The Morgan fingerprint density at radius 2 is 2.00 bits per heavy atom. The number of carbonyl (C=O) groups excluding carboxylic acids is 2. The van der Waals surface area contributed by atoms with Gasteiger partial charge in [-0.2, -0.15) is 0 Å². The van der Waals surface area contributed by atoms with E-state index in [0.717, 1.165) is 0 Å². The third-order valence-corrected chi connectivity index (χ3v) is 3.73. The number of hydrogen-bond donors (Lipinski definition) is 1. The number of rotatable bonds is 4. The van der Waals surface area contributed by atoms with Crippen LogP contribution in [0.5, 0.6) is 0 Å². The summed E-state index contributed by atoms with van der Waals surface area (Å²) in [5, 5.41) is 5.61. The lowest BCUT2D eigenvalue weighted by Gasteiger charge is -2.11. The van der Waals surface area contributed by atoms with E-state index in [4.69, 9.17) is 0 Å². The molecule has 2 aromatic heterocycles. The first-order valence-corrected chi connectivity index (χ1v) is 7.06. The van der Waals surface area contributed by atoms with Crippen LogP contribution >= 0.6 is 23.7 Å². The van der Waals surface area contributed by atoms with E-state index in [0.29, 0.717) is 29.5 Å². The van der Waals surface area contributed by atoms with E-state index >= 15 is 0 Å². The summed E-state index contributed by atoms with van der Waals surface area (Å²) in [5.41, 5.74) is 0.706. The van der Waals surface area contributed by atoms with Gasteiger partial charge < -0.3 is 5.32 Å². The zero-order valence-corrected chi connectivity index (χ0v) is 12.6. The first-order valence-electron chi connectivity index (χ1n) is 6.18. The highest BCUT2D eigenvalue weighted by Crippen LogP contribution is 2.22. The van der Waals surface area contributed by atoms with Crippen molar-refractivity contribution in [1.82, 2.24) is 14.9 Å². The van der Waals surface area contributed by atoms with Crippen molar-refractivity contribution < 1.29 is 9.59 Å². The van der Waals surface area contributed by atoms with Crippen LogP contribution in [0.3, 0.4) is 0 Å². The Kier molecular flexibility index (Phi) is 4.87. The number of carbonyl (C=O) groups is 2. The fourth-order valence-corrected chi connectivity index (χ4v) is 2.65. The zero-order chi connectivity index (χ0) is 13.9. The number of likely N-dealkylation sites (tertiary alicyclic amines) is 1. The average Bonchev–Trinajstić information content (AvgIpc) is 3.02. The van der Waals surface area contributed by atoms with Crippen molar-refractivity contribution in [2.24, 2.45) is 0 Å². The van der Waals surface area contributed by atoms with Crippen molar-refractivity contribution in [3.8, 4) is 0 Å². The number of anilines is 2. The molecule has 110 valence electrons. The highest BCUT2D eigenvalue weighted by molar-refractivity contribution is 7.13. The van der Waals surface area contributed by atoms with Gasteiger partial charge in [0.2, 0.25) is 11.8 Å². The Balaban J connectivity index is 0.00000161. The first-order chi connectivity index (χ1) is 9.72. The number of amides is 2. The number of hydrogen-bond acceptors (Lipinski definition) is 6. The minimum Gasteiger partial charge on any atom is -0.316 e.